The molecule has 220 valence electrons. The van der Waals surface area contributed by atoms with E-state index in [4.69, 9.17) is 0 Å². The number of para-hydroxylation sites is 4. The van der Waals surface area contributed by atoms with Crippen molar-refractivity contribution < 1.29 is 0 Å². The van der Waals surface area contributed by atoms with E-state index >= 15 is 0 Å². The minimum absolute atomic E-state index is 0.114. The molecule has 1 aliphatic heterocycles. The van der Waals surface area contributed by atoms with Crippen LogP contribution in [0.2, 0.25) is 18.6 Å². The summed E-state index contributed by atoms with van der Waals surface area (Å²) in [6.45, 7) is 21.8. The topological polar surface area (TPSA) is 15.3 Å². The van der Waals surface area contributed by atoms with Gasteiger partial charge in [-0.25, -0.2) is 0 Å². The molecule has 1 N–H and O–H groups in total. The van der Waals surface area contributed by atoms with Gasteiger partial charge in [-0.05, 0) is 87.1 Å². The maximum atomic E-state index is 3.74. The highest BCUT2D eigenvalue weighted by Gasteiger charge is 2.54. The van der Waals surface area contributed by atoms with Crippen LogP contribution >= 0.6 is 0 Å². The molecule has 2 aliphatic carbocycles. The predicted octanol–water partition coefficient (Wildman–Crippen LogP) is 11.4. The molecule has 0 aromatic heterocycles. The summed E-state index contributed by atoms with van der Waals surface area (Å²) >= 11 is 0. The van der Waals surface area contributed by atoms with Gasteiger partial charge in [0.15, 0.2) is 8.24 Å². The average molecular weight is 575 g/mol. The fourth-order valence-corrected chi connectivity index (χ4v) is 13.0. The number of hydrogen-bond acceptors (Lipinski definition) is 2. The Balaban J connectivity index is 1.44. The number of hydrogen-bond donors (Lipinski definition) is 1. The molecule has 1 unspecified atom stereocenters. The highest BCUT2D eigenvalue weighted by atomic mass is 28.3. The second-order valence-corrected chi connectivity index (χ2v) is 20.0. The number of anilines is 4. The van der Waals surface area contributed by atoms with Crippen LogP contribution in [0.1, 0.15) is 78.0 Å². The third-order valence-electron chi connectivity index (χ3n) is 10.4. The Morgan fingerprint density at radius 2 is 1.36 bits per heavy atom. The van der Waals surface area contributed by atoms with Gasteiger partial charge in [-0.1, -0.05) is 129 Å². The molecule has 0 spiro atoms. The summed E-state index contributed by atoms with van der Waals surface area (Å²) in [5.74, 6) is 1.82. The van der Waals surface area contributed by atoms with Crippen molar-refractivity contribution in [3.8, 4) is 0 Å². The van der Waals surface area contributed by atoms with E-state index in [1.54, 1.807) is 5.57 Å². The molecule has 1 saturated carbocycles. The Morgan fingerprint density at radius 3 is 1.88 bits per heavy atom. The number of nitrogens with zero attached hydrogens (tertiary/aromatic N) is 1. The van der Waals surface area contributed by atoms with Gasteiger partial charge in [0.2, 0.25) is 0 Å². The molecule has 4 atom stereocenters. The van der Waals surface area contributed by atoms with E-state index in [0.717, 1.165) is 0 Å². The largest absolute Gasteiger partial charge is 0.366 e. The molecule has 3 aromatic carbocycles. The second kappa shape index (κ2) is 10.3. The Morgan fingerprint density at radius 1 is 0.810 bits per heavy atom. The lowest BCUT2D eigenvalue weighted by molar-refractivity contribution is 0.499. The molecule has 3 heteroatoms. The van der Waals surface area contributed by atoms with Crippen LogP contribution in [0.25, 0.3) is 5.57 Å². The van der Waals surface area contributed by atoms with Crippen molar-refractivity contribution in [3.63, 3.8) is 0 Å². The summed E-state index contributed by atoms with van der Waals surface area (Å²) in [7, 11) is -2.06. The highest BCUT2D eigenvalue weighted by molar-refractivity contribution is 6.84. The molecular formula is C39H50N2Si. The van der Waals surface area contributed by atoms with Gasteiger partial charge in [-0.15, -0.1) is 0 Å². The van der Waals surface area contributed by atoms with Gasteiger partial charge in [-0.3, -0.25) is 0 Å². The van der Waals surface area contributed by atoms with E-state index in [0.29, 0.717) is 23.3 Å². The maximum absolute atomic E-state index is 3.74. The van der Waals surface area contributed by atoms with Crippen molar-refractivity contribution in [1.29, 1.82) is 0 Å². The van der Waals surface area contributed by atoms with Crippen LogP contribution in [0.15, 0.2) is 85.0 Å². The molecule has 6 rings (SSSR count). The first-order chi connectivity index (χ1) is 19.8. The Bertz CT molecular complexity index is 1470. The van der Waals surface area contributed by atoms with Crippen molar-refractivity contribution in [2.75, 3.05) is 9.88 Å². The van der Waals surface area contributed by atoms with E-state index < -0.39 is 8.24 Å². The Kier molecular flexibility index (Phi) is 7.12. The SMILES string of the molecule is CC[C@@H]1C[C@@H]2C(c3cc(C(C)(C)C)cc(C(C)(C)C)c3)=CC=C[C@@H]2C1[Si](C)(C)N1c2ccccc2Nc2ccccc21. The van der Waals surface area contributed by atoms with Gasteiger partial charge in [0.1, 0.15) is 0 Å². The molecule has 0 saturated heterocycles. The maximum Gasteiger partial charge on any atom is 0.160 e. The lowest BCUT2D eigenvalue weighted by atomic mass is 9.75. The summed E-state index contributed by atoms with van der Waals surface area (Å²) in [6, 6.07) is 25.4. The minimum atomic E-state index is -2.06. The standard InChI is InChI=1S/C39H50N2Si/c1-10-26-24-32-30(27-22-28(38(2,3)4)25-29(23-27)39(5,6)7)16-15-17-31(32)37(26)42(8,9)41-35-20-13-11-18-33(35)40-34-19-12-14-21-36(34)41/h11-23,25-26,31-32,37,40H,10,24H2,1-9H3/t26-,31+,32-,37?/m1/s1. The highest BCUT2D eigenvalue weighted by Crippen LogP contribution is 2.60. The Labute approximate surface area is 256 Å². The van der Waals surface area contributed by atoms with Crippen molar-refractivity contribution in [3.05, 3.63) is 102 Å². The summed E-state index contributed by atoms with van der Waals surface area (Å²) in [5, 5.41) is 3.74. The van der Waals surface area contributed by atoms with Crippen LogP contribution in [0.4, 0.5) is 22.7 Å². The van der Waals surface area contributed by atoms with Gasteiger partial charge in [0.05, 0.1) is 22.7 Å². The number of nitrogens with one attached hydrogen (secondary N) is 1. The third-order valence-corrected chi connectivity index (χ3v) is 14.5. The Hall–Kier alpha value is -3.04. The molecule has 42 heavy (non-hydrogen) atoms. The number of benzene rings is 3. The predicted molar refractivity (Wildman–Crippen MR) is 186 cm³/mol. The van der Waals surface area contributed by atoms with Gasteiger partial charge < -0.3 is 9.88 Å². The zero-order valence-corrected chi connectivity index (χ0v) is 28.3. The number of allylic oxidation sites excluding steroid dienone is 4. The van der Waals surface area contributed by atoms with E-state index in [1.165, 1.54) is 52.3 Å². The fourth-order valence-electron chi connectivity index (χ4n) is 8.23. The number of rotatable bonds is 4. The van der Waals surface area contributed by atoms with E-state index in [-0.39, 0.29) is 10.8 Å². The van der Waals surface area contributed by atoms with Crippen LogP contribution in [-0.4, -0.2) is 8.24 Å². The molecular weight excluding hydrogens is 525 g/mol. The summed E-state index contributed by atoms with van der Waals surface area (Å²) in [6.07, 6.45) is 9.94. The molecule has 0 radical (unpaired) electrons. The summed E-state index contributed by atoms with van der Waals surface area (Å²) < 4.78 is 2.80. The van der Waals surface area contributed by atoms with Crippen molar-refractivity contribution in [1.82, 2.24) is 0 Å². The van der Waals surface area contributed by atoms with Gasteiger partial charge in [-0.2, -0.15) is 0 Å². The smallest absolute Gasteiger partial charge is 0.160 e. The molecule has 0 bridgehead atoms. The average Bonchev–Trinajstić information content (AvgIpc) is 3.34. The summed E-state index contributed by atoms with van der Waals surface area (Å²) in [4.78, 5) is 0. The first-order valence-electron chi connectivity index (χ1n) is 16.1. The first-order valence-corrected chi connectivity index (χ1v) is 19.1. The van der Waals surface area contributed by atoms with Crippen LogP contribution in [0.3, 0.4) is 0 Å². The lowest BCUT2D eigenvalue weighted by Gasteiger charge is -2.49. The van der Waals surface area contributed by atoms with Crippen LogP contribution < -0.4 is 9.88 Å². The van der Waals surface area contributed by atoms with Crippen LogP contribution in [0.5, 0.6) is 0 Å². The lowest BCUT2D eigenvalue weighted by Crippen LogP contribution is -2.53. The molecule has 2 nitrogen and oxygen atoms in total. The van der Waals surface area contributed by atoms with E-state index in [2.05, 4.69) is 156 Å². The van der Waals surface area contributed by atoms with E-state index in [9.17, 15) is 0 Å². The van der Waals surface area contributed by atoms with Gasteiger partial charge in [0, 0.05) is 0 Å². The van der Waals surface area contributed by atoms with Crippen LogP contribution in [-0.2, 0) is 10.8 Å². The van der Waals surface area contributed by atoms with Crippen molar-refractivity contribution in [2.24, 2.45) is 17.8 Å². The normalized spacial score (nSPS) is 23.5. The van der Waals surface area contributed by atoms with Crippen LogP contribution in [0, 0.1) is 17.8 Å². The zero-order chi connectivity index (χ0) is 30.0. The molecule has 3 aromatic rings. The minimum Gasteiger partial charge on any atom is -0.366 e. The fraction of sp³-hybridized carbons (Fsp3) is 0.436. The monoisotopic (exact) mass is 574 g/mol. The van der Waals surface area contributed by atoms with Crippen molar-refractivity contribution >= 4 is 36.6 Å². The molecule has 3 aliphatic rings. The molecule has 1 heterocycles. The second-order valence-electron chi connectivity index (χ2n) is 15.6. The number of fused-ring (bicyclic) bond motifs is 3. The quantitative estimate of drug-likeness (QED) is 0.312. The van der Waals surface area contributed by atoms with Gasteiger partial charge in [0.25, 0.3) is 0 Å². The van der Waals surface area contributed by atoms with E-state index in [1.807, 2.05) is 0 Å². The molecule has 0 amide bonds. The van der Waals surface area contributed by atoms with Crippen molar-refractivity contribution in [2.45, 2.75) is 90.8 Å². The zero-order valence-electron chi connectivity index (χ0n) is 27.3. The molecule has 1 fully saturated rings. The van der Waals surface area contributed by atoms with Gasteiger partial charge >= 0.3 is 0 Å². The summed E-state index contributed by atoms with van der Waals surface area (Å²) in [5.41, 5.74) is 11.9. The first kappa shape index (κ1) is 29.0. The third kappa shape index (κ3) is 4.88.